The molecule has 0 radical (unpaired) electrons. The van der Waals surface area contributed by atoms with Crippen molar-refractivity contribution in [2.24, 2.45) is 5.92 Å². The molecule has 2 heterocycles. The summed E-state index contributed by atoms with van der Waals surface area (Å²) in [4.78, 5) is 33.5. The van der Waals surface area contributed by atoms with Crippen LogP contribution in [-0.2, 0) is 16.1 Å². The van der Waals surface area contributed by atoms with Crippen molar-refractivity contribution in [1.29, 1.82) is 0 Å². The van der Waals surface area contributed by atoms with Gasteiger partial charge in [-0.1, -0.05) is 29.8 Å². The molecule has 7 heteroatoms. The molecule has 1 saturated heterocycles. The Morgan fingerprint density at radius 1 is 1.26 bits per heavy atom. The maximum atomic E-state index is 13.0. The van der Waals surface area contributed by atoms with Crippen molar-refractivity contribution in [3.63, 3.8) is 0 Å². The lowest BCUT2D eigenvalue weighted by atomic mass is 9.85. The first-order valence-electron chi connectivity index (χ1n) is 9.65. The first-order chi connectivity index (χ1) is 13.2. The molecule has 1 aromatic carbocycles. The Labute approximate surface area is 158 Å². The molecule has 27 heavy (non-hydrogen) atoms. The molecule has 1 atom stereocenters. The number of amides is 2. The second-order valence-electron chi connectivity index (χ2n) is 7.20. The van der Waals surface area contributed by atoms with Crippen LogP contribution >= 0.6 is 0 Å². The lowest BCUT2D eigenvalue weighted by Gasteiger charge is -2.23. The second-order valence-corrected chi connectivity index (χ2v) is 7.20. The summed E-state index contributed by atoms with van der Waals surface area (Å²) in [6, 6.07) is 9.49. The van der Waals surface area contributed by atoms with Gasteiger partial charge >= 0.3 is 0 Å². The molecule has 0 N–H and O–H groups in total. The lowest BCUT2D eigenvalue weighted by molar-refractivity contribution is -0.140. The topological polar surface area (TPSA) is 79.5 Å². The summed E-state index contributed by atoms with van der Waals surface area (Å²) in [5.74, 6) is 0.629. The summed E-state index contributed by atoms with van der Waals surface area (Å²) in [6.45, 7) is 3.24. The molecule has 1 aromatic heterocycles. The molecular weight excluding hydrogens is 344 g/mol. The average molecular weight is 368 g/mol. The van der Waals surface area contributed by atoms with Crippen LogP contribution in [0.2, 0.25) is 0 Å². The zero-order chi connectivity index (χ0) is 18.8. The molecular formula is C20H24N4O3. The van der Waals surface area contributed by atoms with E-state index in [2.05, 4.69) is 10.1 Å². The first kappa shape index (κ1) is 17.7. The van der Waals surface area contributed by atoms with E-state index in [4.69, 9.17) is 4.52 Å². The number of rotatable bonds is 6. The van der Waals surface area contributed by atoms with E-state index in [-0.39, 0.29) is 18.4 Å². The SMILES string of the molecule is CCN(Cc1noc(C2CCC2)n1)C(=O)[C@@H]1CCN(c2ccccc2)C1=O. The van der Waals surface area contributed by atoms with Crippen LogP contribution < -0.4 is 4.90 Å². The van der Waals surface area contributed by atoms with E-state index in [1.165, 1.54) is 6.42 Å². The van der Waals surface area contributed by atoms with Gasteiger partial charge in [-0.15, -0.1) is 0 Å². The first-order valence-corrected chi connectivity index (χ1v) is 9.65. The minimum Gasteiger partial charge on any atom is -0.339 e. The van der Waals surface area contributed by atoms with Gasteiger partial charge in [0.05, 0.1) is 6.54 Å². The number of hydrogen-bond acceptors (Lipinski definition) is 5. The molecule has 2 amide bonds. The van der Waals surface area contributed by atoms with E-state index in [0.717, 1.165) is 18.5 Å². The van der Waals surface area contributed by atoms with E-state index in [1.807, 2.05) is 37.3 Å². The third-order valence-corrected chi connectivity index (χ3v) is 5.54. The van der Waals surface area contributed by atoms with Gasteiger partial charge < -0.3 is 14.3 Å². The lowest BCUT2D eigenvalue weighted by Crippen LogP contribution is -2.40. The van der Waals surface area contributed by atoms with Gasteiger partial charge in [-0.2, -0.15) is 4.98 Å². The minimum absolute atomic E-state index is 0.132. The fourth-order valence-corrected chi connectivity index (χ4v) is 3.66. The highest BCUT2D eigenvalue weighted by Gasteiger charge is 2.39. The number of anilines is 1. The quantitative estimate of drug-likeness (QED) is 0.733. The fourth-order valence-electron chi connectivity index (χ4n) is 3.66. The standard InChI is InChI=1S/C20H24N4O3/c1-2-23(13-17-21-18(27-22-17)14-7-6-8-14)19(25)16-11-12-24(20(16)26)15-9-4-3-5-10-15/h3-5,9-10,14,16H,2,6-8,11-13H2,1H3/t16-/m0/s1. The Balaban J connectivity index is 1.42. The van der Waals surface area contributed by atoms with Crippen LogP contribution in [0.15, 0.2) is 34.9 Å². The highest BCUT2D eigenvalue weighted by molar-refractivity contribution is 6.09. The summed E-state index contributed by atoms with van der Waals surface area (Å²) in [6.07, 6.45) is 3.90. The average Bonchev–Trinajstić information content (AvgIpc) is 3.25. The summed E-state index contributed by atoms with van der Waals surface area (Å²) >= 11 is 0. The maximum Gasteiger partial charge on any atom is 0.239 e. The van der Waals surface area contributed by atoms with Gasteiger partial charge in [0.25, 0.3) is 0 Å². The van der Waals surface area contributed by atoms with Crippen LogP contribution in [0.4, 0.5) is 5.69 Å². The van der Waals surface area contributed by atoms with E-state index in [9.17, 15) is 9.59 Å². The van der Waals surface area contributed by atoms with Crippen molar-refractivity contribution < 1.29 is 14.1 Å². The van der Waals surface area contributed by atoms with Crippen LogP contribution in [0.1, 0.15) is 50.2 Å². The molecule has 1 aliphatic heterocycles. The number of aromatic nitrogens is 2. The van der Waals surface area contributed by atoms with E-state index < -0.39 is 5.92 Å². The third kappa shape index (κ3) is 3.46. The Bertz CT molecular complexity index is 816. The molecule has 4 rings (SSSR count). The van der Waals surface area contributed by atoms with E-state index >= 15 is 0 Å². The molecule has 0 spiro atoms. The van der Waals surface area contributed by atoms with Gasteiger partial charge in [0.2, 0.25) is 17.7 Å². The largest absolute Gasteiger partial charge is 0.339 e. The van der Waals surface area contributed by atoms with Gasteiger partial charge in [-0.3, -0.25) is 9.59 Å². The molecule has 2 aliphatic rings. The molecule has 1 aliphatic carbocycles. The van der Waals surface area contributed by atoms with Crippen LogP contribution in [0.25, 0.3) is 0 Å². The molecule has 2 fully saturated rings. The summed E-state index contributed by atoms with van der Waals surface area (Å²) in [5, 5.41) is 4.02. The number of carbonyl (C=O) groups is 2. The van der Waals surface area contributed by atoms with Crippen LogP contribution in [-0.4, -0.2) is 39.9 Å². The van der Waals surface area contributed by atoms with Crippen molar-refractivity contribution in [3.05, 3.63) is 42.0 Å². The Morgan fingerprint density at radius 3 is 2.70 bits per heavy atom. The normalized spacial score (nSPS) is 20.0. The molecule has 0 unspecified atom stereocenters. The maximum absolute atomic E-state index is 13.0. The van der Waals surface area contributed by atoms with Crippen LogP contribution in [0, 0.1) is 5.92 Å². The van der Waals surface area contributed by atoms with E-state index in [0.29, 0.717) is 37.1 Å². The second kappa shape index (κ2) is 7.50. The van der Waals surface area contributed by atoms with Crippen molar-refractivity contribution in [1.82, 2.24) is 15.0 Å². The fraction of sp³-hybridized carbons (Fsp3) is 0.500. The van der Waals surface area contributed by atoms with Gasteiger partial charge in [-0.25, -0.2) is 0 Å². The highest BCUT2D eigenvalue weighted by atomic mass is 16.5. The van der Waals surface area contributed by atoms with Gasteiger partial charge in [0.1, 0.15) is 5.92 Å². The predicted molar refractivity (Wildman–Crippen MR) is 98.9 cm³/mol. The molecule has 0 bridgehead atoms. The monoisotopic (exact) mass is 368 g/mol. The van der Waals surface area contributed by atoms with Crippen molar-refractivity contribution in [3.8, 4) is 0 Å². The van der Waals surface area contributed by atoms with Gasteiger partial charge in [0.15, 0.2) is 5.82 Å². The Morgan fingerprint density at radius 2 is 2.04 bits per heavy atom. The number of nitrogens with zero attached hydrogens (tertiary/aromatic N) is 4. The Hall–Kier alpha value is -2.70. The Kier molecular flexibility index (Phi) is 4.92. The number of hydrogen-bond donors (Lipinski definition) is 0. The minimum atomic E-state index is -0.636. The van der Waals surface area contributed by atoms with Crippen LogP contribution in [0.5, 0.6) is 0 Å². The number of para-hydroxylation sites is 1. The van der Waals surface area contributed by atoms with Crippen molar-refractivity contribution >= 4 is 17.5 Å². The number of benzene rings is 1. The summed E-state index contributed by atoms with van der Waals surface area (Å²) < 4.78 is 5.34. The third-order valence-electron chi connectivity index (χ3n) is 5.54. The smallest absolute Gasteiger partial charge is 0.239 e. The predicted octanol–water partition coefficient (Wildman–Crippen LogP) is 2.74. The number of carbonyl (C=O) groups excluding carboxylic acids is 2. The van der Waals surface area contributed by atoms with Gasteiger partial charge in [-0.05, 0) is 38.3 Å². The molecule has 7 nitrogen and oxygen atoms in total. The zero-order valence-electron chi connectivity index (χ0n) is 15.5. The molecule has 1 saturated carbocycles. The summed E-state index contributed by atoms with van der Waals surface area (Å²) in [5.41, 5.74) is 0.837. The zero-order valence-corrected chi connectivity index (χ0v) is 15.5. The summed E-state index contributed by atoms with van der Waals surface area (Å²) in [7, 11) is 0. The van der Waals surface area contributed by atoms with Crippen LogP contribution in [0.3, 0.4) is 0 Å². The molecule has 142 valence electrons. The van der Waals surface area contributed by atoms with Gasteiger partial charge in [0, 0.05) is 24.7 Å². The van der Waals surface area contributed by atoms with Crippen molar-refractivity contribution in [2.75, 3.05) is 18.0 Å². The van der Waals surface area contributed by atoms with Crippen molar-refractivity contribution in [2.45, 2.75) is 45.1 Å². The van der Waals surface area contributed by atoms with E-state index in [1.54, 1.807) is 9.80 Å². The highest BCUT2D eigenvalue weighted by Crippen LogP contribution is 2.35. The molecule has 2 aromatic rings.